The van der Waals surface area contributed by atoms with Crippen molar-refractivity contribution in [2.75, 3.05) is 5.75 Å². The van der Waals surface area contributed by atoms with E-state index in [4.69, 9.17) is 0 Å². The monoisotopic (exact) mass is 387 g/mol. The molecule has 1 aliphatic carbocycles. The van der Waals surface area contributed by atoms with Crippen LogP contribution < -0.4 is 0 Å². The highest BCUT2D eigenvalue weighted by Gasteiger charge is 2.47. The summed E-state index contributed by atoms with van der Waals surface area (Å²) in [6.07, 6.45) is 8.87. The van der Waals surface area contributed by atoms with Crippen LogP contribution in [0.25, 0.3) is 5.65 Å². The van der Waals surface area contributed by atoms with Gasteiger partial charge in [-0.3, -0.25) is 4.79 Å². The van der Waals surface area contributed by atoms with Gasteiger partial charge >= 0.3 is 5.97 Å². The number of aryl methyl sites for hydroxylation is 1. The van der Waals surface area contributed by atoms with E-state index < -0.39 is 12.0 Å². The first-order chi connectivity index (χ1) is 13.0. The molecule has 7 heteroatoms. The molecule has 1 saturated carbocycles. The fourth-order valence-electron chi connectivity index (χ4n) is 4.58. The molecule has 1 saturated heterocycles. The van der Waals surface area contributed by atoms with E-state index in [0.29, 0.717) is 23.8 Å². The van der Waals surface area contributed by atoms with Gasteiger partial charge in [-0.1, -0.05) is 18.9 Å². The van der Waals surface area contributed by atoms with Gasteiger partial charge in [-0.15, -0.1) is 11.8 Å². The second-order valence-electron chi connectivity index (χ2n) is 7.70. The summed E-state index contributed by atoms with van der Waals surface area (Å²) < 4.78 is 2.00. The maximum atomic E-state index is 12.8. The van der Waals surface area contributed by atoms with Crippen molar-refractivity contribution in [3.63, 3.8) is 0 Å². The average molecular weight is 388 g/mol. The Balaban J connectivity index is 1.39. The number of hydrogen-bond donors (Lipinski definition) is 1. The third kappa shape index (κ3) is 3.70. The summed E-state index contributed by atoms with van der Waals surface area (Å²) in [5.74, 6) is 0.404. The smallest absolute Gasteiger partial charge is 0.326 e. The molecule has 3 atom stereocenters. The number of rotatable bonds is 5. The Morgan fingerprint density at radius 3 is 2.89 bits per heavy atom. The number of imidazole rings is 1. The lowest BCUT2D eigenvalue weighted by Crippen LogP contribution is -2.47. The number of thioether (sulfide) groups is 1. The molecule has 0 bridgehead atoms. The molecular formula is C20H25N3O3S. The molecule has 0 aromatic carbocycles. The van der Waals surface area contributed by atoms with Gasteiger partial charge in [0, 0.05) is 24.2 Å². The minimum Gasteiger partial charge on any atom is -0.480 e. The Morgan fingerprint density at radius 1 is 1.26 bits per heavy atom. The number of carboxylic acid groups (broad SMARTS) is 1. The van der Waals surface area contributed by atoms with E-state index >= 15 is 0 Å². The lowest BCUT2D eigenvalue weighted by atomic mass is 9.85. The molecule has 1 N–H and O–H groups in total. The van der Waals surface area contributed by atoms with Crippen LogP contribution in [0.5, 0.6) is 0 Å². The van der Waals surface area contributed by atoms with Crippen LogP contribution in [0, 0.1) is 12.8 Å². The fourth-order valence-corrected chi connectivity index (χ4v) is 5.36. The van der Waals surface area contributed by atoms with Crippen molar-refractivity contribution in [2.24, 2.45) is 5.92 Å². The molecule has 1 amide bonds. The number of aromatic nitrogens is 2. The highest BCUT2D eigenvalue weighted by molar-refractivity contribution is 7.99. The van der Waals surface area contributed by atoms with Crippen molar-refractivity contribution in [2.45, 2.75) is 56.9 Å². The summed E-state index contributed by atoms with van der Waals surface area (Å²) in [7, 11) is 0. The Labute approximate surface area is 163 Å². The summed E-state index contributed by atoms with van der Waals surface area (Å²) in [5.41, 5.74) is 3.01. The van der Waals surface area contributed by atoms with E-state index in [-0.39, 0.29) is 11.9 Å². The number of likely N-dealkylation sites (tertiary alicyclic amines) is 1. The quantitative estimate of drug-likeness (QED) is 0.853. The van der Waals surface area contributed by atoms with Crippen LogP contribution in [-0.4, -0.2) is 49.1 Å². The second kappa shape index (κ2) is 7.54. The van der Waals surface area contributed by atoms with E-state index in [1.54, 1.807) is 4.90 Å². The number of pyridine rings is 1. The number of carbonyl (C=O) groups is 2. The second-order valence-corrected chi connectivity index (χ2v) is 8.69. The topological polar surface area (TPSA) is 74.9 Å². The Kier molecular flexibility index (Phi) is 5.12. The molecular weight excluding hydrogens is 362 g/mol. The number of carbonyl (C=O) groups excluding carboxylic acids is 1. The van der Waals surface area contributed by atoms with Crippen LogP contribution in [0.4, 0.5) is 0 Å². The van der Waals surface area contributed by atoms with Gasteiger partial charge in [-0.05, 0) is 43.7 Å². The Hall–Kier alpha value is -2.02. The normalized spacial score (nSPS) is 24.9. The molecule has 3 unspecified atom stereocenters. The van der Waals surface area contributed by atoms with Gasteiger partial charge in [0.25, 0.3) is 0 Å². The highest BCUT2D eigenvalue weighted by Crippen LogP contribution is 2.40. The molecule has 0 spiro atoms. The Bertz CT molecular complexity index is 865. The van der Waals surface area contributed by atoms with Crippen LogP contribution in [0.15, 0.2) is 24.5 Å². The fraction of sp³-hybridized carbons (Fsp3) is 0.550. The number of carboxylic acids is 1. The summed E-state index contributed by atoms with van der Waals surface area (Å²) in [6.45, 7) is 2.04. The van der Waals surface area contributed by atoms with E-state index in [9.17, 15) is 14.7 Å². The van der Waals surface area contributed by atoms with Gasteiger partial charge in [-0.25, -0.2) is 9.78 Å². The first-order valence-corrected chi connectivity index (χ1v) is 10.7. The maximum absolute atomic E-state index is 12.8. The van der Waals surface area contributed by atoms with Crippen molar-refractivity contribution in [1.29, 1.82) is 0 Å². The lowest BCUT2D eigenvalue weighted by Gasteiger charge is -2.33. The predicted octanol–water partition coefficient (Wildman–Crippen LogP) is 3.12. The molecule has 4 rings (SSSR count). The number of amides is 1. The van der Waals surface area contributed by atoms with Crippen molar-refractivity contribution < 1.29 is 14.7 Å². The minimum atomic E-state index is -0.863. The van der Waals surface area contributed by atoms with Crippen LogP contribution in [-0.2, 0) is 15.3 Å². The van der Waals surface area contributed by atoms with Crippen LogP contribution in [0.3, 0.4) is 0 Å². The Morgan fingerprint density at radius 2 is 2.07 bits per heavy atom. The van der Waals surface area contributed by atoms with Gasteiger partial charge in [-0.2, -0.15) is 0 Å². The van der Waals surface area contributed by atoms with E-state index in [0.717, 1.165) is 37.0 Å². The first-order valence-electron chi connectivity index (χ1n) is 9.59. The lowest BCUT2D eigenvalue weighted by molar-refractivity contribution is -0.148. The van der Waals surface area contributed by atoms with Gasteiger partial charge in [0.05, 0.1) is 11.4 Å². The standard InChI is InChI=1S/C20H25N3O3S/c1-13-6-7-18-21-15(10-22(18)9-13)11-27-12-19(24)23-16-5-3-2-4-14(16)8-17(23)20(25)26/h6-7,9-10,14,16-17H,2-5,8,11-12H2,1H3,(H,25,26). The molecule has 2 aromatic heterocycles. The number of nitrogens with zero attached hydrogens (tertiary/aromatic N) is 3. The zero-order chi connectivity index (χ0) is 19.0. The summed E-state index contributed by atoms with van der Waals surface area (Å²) in [4.78, 5) is 30.8. The van der Waals surface area contributed by atoms with Gasteiger partial charge in [0.1, 0.15) is 11.7 Å². The summed E-state index contributed by atoms with van der Waals surface area (Å²) in [6, 6.07) is 3.48. The van der Waals surface area contributed by atoms with Crippen molar-refractivity contribution in [3.05, 3.63) is 35.8 Å². The molecule has 0 radical (unpaired) electrons. The largest absolute Gasteiger partial charge is 0.480 e. The van der Waals surface area contributed by atoms with Crippen LogP contribution >= 0.6 is 11.8 Å². The number of aliphatic carboxylic acids is 1. The van der Waals surface area contributed by atoms with Gasteiger partial charge in [0.15, 0.2) is 0 Å². The molecule has 2 aliphatic rings. The number of fused-ring (bicyclic) bond motifs is 2. The van der Waals surface area contributed by atoms with Crippen molar-refractivity contribution >= 4 is 29.3 Å². The van der Waals surface area contributed by atoms with Crippen LogP contribution in [0.2, 0.25) is 0 Å². The predicted molar refractivity (Wildman–Crippen MR) is 105 cm³/mol. The molecule has 2 fully saturated rings. The molecule has 2 aromatic rings. The average Bonchev–Trinajstić information content (AvgIpc) is 3.22. The SMILES string of the molecule is Cc1ccc2nc(CSCC(=O)N3C(C(=O)O)CC4CCCCC43)cn2c1. The van der Waals surface area contributed by atoms with Crippen molar-refractivity contribution in [1.82, 2.24) is 14.3 Å². The molecule has 144 valence electrons. The summed E-state index contributed by atoms with van der Waals surface area (Å²) >= 11 is 1.51. The third-order valence-corrected chi connectivity index (χ3v) is 6.74. The van der Waals surface area contributed by atoms with Gasteiger partial charge < -0.3 is 14.4 Å². The van der Waals surface area contributed by atoms with E-state index in [2.05, 4.69) is 4.98 Å². The third-order valence-electron chi connectivity index (χ3n) is 5.79. The van der Waals surface area contributed by atoms with Gasteiger partial charge in [0.2, 0.25) is 5.91 Å². The van der Waals surface area contributed by atoms with E-state index in [1.807, 2.05) is 35.9 Å². The number of hydrogen-bond acceptors (Lipinski definition) is 4. The first kappa shape index (κ1) is 18.3. The highest BCUT2D eigenvalue weighted by atomic mass is 32.2. The molecule has 3 heterocycles. The molecule has 1 aliphatic heterocycles. The minimum absolute atomic E-state index is 0.0404. The maximum Gasteiger partial charge on any atom is 0.326 e. The molecule has 27 heavy (non-hydrogen) atoms. The van der Waals surface area contributed by atoms with Crippen LogP contribution in [0.1, 0.15) is 43.4 Å². The van der Waals surface area contributed by atoms with E-state index in [1.165, 1.54) is 17.3 Å². The molecule has 6 nitrogen and oxygen atoms in total. The zero-order valence-electron chi connectivity index (χ0n) is 15.5. The zero-order valence-corrected chi connectivity index (χ0v) is 16.3. The van der Waals surface area contributed by atoms with Crippen molar-refractivity contribution in [3.8, 4) is 0 Å². The summed E-state index contributed by atoms with van der Waals surface area (Å²) in [5, 5.41) is 9.57.